The van der Waals surface area contributed by atoms with Crippen LogP contribution in [-0.2, 0) is 4.79 Å². The molecule has 0 saturated carbocycles. The molecular formula is C21H22ClN3O3S. The van der Waals surface area contributed by atoms with Crippen molar-refractivity contribution in [3.8, 4) is 11.5 Å². The fraction of sp³-hybridized carbons (Fsp3) is 0.333. The molecule has 0 radical (unpaired) electrons. The van der Waals surface area contributed by atoms with Gasteiger partial charge in [-0.3, -0.25) is 4.79 Å². The molecular weight excluding hydrogens is 410 g/mol. The molecule has 8 heteroatoms. The number of anilines is 1. The maximum absolute atomic E-state index is 12.8. The monoisotopic (exact) mass is 431 g/mol. The number of fused-ring (bicyclic) bond motifs is 1. The van der Waals surface area contributed by atoms with E-state index in [1.54, 1.807) is 37.5 Å². The van der Waals surface area contributed by atoms with Gasteiger partial charge in [-0.2, -0.15) is 0 Å². The number of aromatic nitrogens is 1. The molecule has 29 heavy (non-hydrogen) atoms. The first-order valence-electron chi connectivity index (χ1n) is 9.44. The second-order valence-corrected chi connectivity index (χ2v) is 8.30. The smallest absolute Gasteiger partial charge is 0.263 e. The Balaban J connectivity index is 1.34. The van der Waals surface area contributed by atoms with Crippen LogP contribution in [0, 0.1) is 0 Å². The summed E-state index contributed by atoms with van der Waals surface area (Å²) in [5.74, 6) is 1.40. The fourth-order valence-corrected chi connectivity index (χ4v) is 4.60. The Morgan fingerprint density at radius 1 is 1.10 bits per heavy atom. The van der Waals surface area contributed by atoms with Gasteiger partial charge in [-0.05, 0) is 49.4 Å². The number of ether oxygens (including phenoxy) is 2. The summed E-state index contributed by atoms with van der Waals surface area (Å²) in [5, 5.41) is 1.69. The van der Waals surface area contributed by atoms with Crippen LogP contribution in [0.15, 0.2) is 42.5 Å². The average Bonchev–Trinajstić information content (AvgIpc) is 3.17. The molecule has 1 amide bonds. The number of benzene rings is 2. The molecule has 2 heterocycles. The van der Waals surface area contributed by atoms with Crippen LogP contribution in [0.2, 0.25) is 5.02 Å². The fourth-order valence-electron chi connectivity index (χ4n) is 3.31. The highest BCUT2D eigenvalue weighted by Crippen LogP contribution is 2.31. The van der Waals surface area contributed by atoms with Crippen molar-refractivity contribution in [2.24, 2.45) is 0 Å². The number of hydrogen-bond donors (Lipinski definition) is 0. The van der Waals surface area contributed by atoms with E-state index < -0.39 is 6.10 Å². The molecule has 1 aromatic heterocycles. The van der Waals surface area contributed by atoms with Gasteiger partial charge in [0.25, 0.3) is 5.91 Å². The largest absolute Gasteiger partial charge is 0.497 e. The number of thiazole rings is 1. The van der Waals surface area contributed by atoms with E-state index in [9.17, 15) is 4.79 Å². The van der Waals surface area contributed by atoms with Crippen LogP contribution in [-0.4, -0.2) is 55.2 Å². The number of halogens is 1. The number of rotatable bonds is 5. The van der Waals surface area contributed by atoms with E-state index in [-0.39, 0.29) is 5.91 Å². The highest BCUT2D eigenvalue weighted by atomic mass is 35.5. The molecule has 152 valence electrons. The zero-order chi connectivity index (χ0) is 20.4. The minimum absolute atomic E-state index is 0.00319. The van der Waals surface area contributed by atoms with E-state index in [1.165, 1.54) is 0 Å². The van der Waals surface area contributed by atoms with Crippen LogP contribution in [0.5, 0.6) is 11.5 Å². The van der Waals surface area contributed by atoms with Crippen molar-refractivity contribution < 1.29 is 14.3 Å². The topological polar surface area (TPSA) is 54.9 Å². The number of carbonyl (C=O) groups excluding carboxylic acids is 1. The predicted molar refractivity (Wildman–Crippen MR) is 117 cm³/mol. The van der Waals surface area contributed by atoms with Crippen molar-refractivity contribution in [2.75, 3.05) is 38.2 Å². The van der Waals surface area contributed by atoms with Gasteiger partial charge in [-0.1, -0.05) is 22.9 Å². The SMILES string of the molecule is COc1ccc(OC(C)C(=O)N2CCN(c3nc4ccc(Cl)cc4s3)CC2)cc1. The summed E-state index contributed by atoms with van der Waals surface area (Å²) in [5.41, 5.74) is 0.953. The Kier molecular flexibility index (Phi) is 5.78. The summed E-state index contributed by atoms with van der Waals surface area (Å²) >= 11 is 7.70. The first-order valence-corrected chi connectivity index (χ1v) is 10.6. The molecule has 1 aliphatic rings. The lowest BCUT2D eigenvalue weighted by molar-refractivity contribution is -0.138. The molecule has 0 spiro atoms. The van der Waals surface area contributed by atoms with Crippen molar-refractivity contribution in [1.82, 2.24) is 9.88 Å². The van der Waals surface area contributed by atoms with Crippen molar-refractivity contribution in [1.29, 1.82) is 0 Å². The zero-order valence-corrected chi connectivity index (χ0v) is 17.9. The van der Waals surface area contributed by atoms with Crippen molar-refractivity contribution in [2.45, 2.75) is 13.0 Å². The summed E-state index contributed by atoms with van der Waals surface area (Å²) in [6, 6.07) is 13.0. The standard InChI is InChI=1S/C21H22ClN3O3S/c1-14(28-17-6-4-16(27-2)5-7-17)20(26)24-9-11-25(12-10-24)21-23-18-8-3-15(22)13-19(18)29-21/h3-8,13-14H,9-12H2,1-2H3. The van der Waals surface area contributed by atoms with Gasteiger partial charge in [0.05, 0.1) is 17.3 Å². The van der Waals surface area contributed by atoms with E-state index in [1.807, 2.05) is 35.2 Å². The number of methoxy groups -OCH3 is 1. The van der Waals surface area contributed by atoms with Gasteiger partial charge in [0, 0.05) is 31.2 Å². The third-order valence-corrected chi connectivity index (χ3v) is 6.24. The molecule has 0 aliphatic carbocycles. The normalized spacial score (nSPS) is 15.4. The quantitative estimate of drug-likeness (QED) is 0.609. The molecule has 4 rings (SSSR count). The predicted octanol–water partition coefficient (Wildman–Crippen LogP) is 4.07. The van der Waals surface area contributed by atoms with Crippen molar-refractivity contribution in [3.63, 3.8) is 0 Å². The summed E-state index contributed by atoms with van der Waals surface area (Å²) in [4.78, 5) is 21.6. The molecule has 1 aliphatic heterocycles. The third-order valence-electron chi connectivity index (χ3n) is 4.92. The Morgan fingerprint density at radius 3 is 2.48 bits per heavy atom. The lowest BCUT2D eigenvalue weighted by atomic mass is 10.2. The van der Waals surface area contributed by atoms with Crippen LogP contribution in [0.4, 0.5) is 5.13 Å². The maximum atomic E-state index is 12.8. The number of hydrogen-bond acceptors (Lipinski definition) is 6. The van der Waals surface area contributed by atoms with Gasteiger partial charge in [-0.25, -0.2) is 4.98 Å². The number of amides is 1. The van der Waals surface area contributed by atoms with E-state index in [0.717, 1.165) is 34.2 Å². The van der Waals surface area contributed by atoms with Crippen molar-refractivity contribution >= 4 is 44.2 Å². The highest BCUT2D eigenvalue weighted by molar-refractivity contribution is 7.22. The molecule has 3 aromatic rings. The lowest BCUT2D eigenvalue weighted by Gasteiger charge is -2.35. The van der Waals surface area contributed by atoms with Crippen LogP contribution >= 0.6 is 22.9 Å². The Hall–Kier alpha value is -2.51. The van der Waals surface area contributed by atoms with Crippen molar-refractivity contribution in [3.05, 3.63) is 47.5 Å². The molecule has 1 atom stereocenters. The number of piperazine rings is 1. The van der Waals surface area contributed by atoms with E-state index in [2.05, 4.69) is 4.90 Å². The van der Waals surface area contributed by atoms with E-state index in [4.69, 9.17) is 26.1 Å². The van der Waals surface area contributed by atoms with Gasteiger partial charge in [-0.15, -0.1) is 0 Å². The van der Waals surface area contributed by atoms with Gasteiger partial charge in [0.2, 0.25) is 0 Å². The minimum atomic E-state index is -0.542. The average molecular weight is 432 g/mol. The zero-order valence-electron chi connectivity index (χ0n) is 16.3. The number of carbonyl (C=O) groups is 1. The summed E-state index contributed by atoms with van der Waals surface area (Å²) in [7, 11) is 1.62. The minimum Gasteiger partial charge on any atom is -0.497 e. The van der Waals surface area contributed by atoms with E-state index >= 15 is 0 Å². The first kappa shape index (κ1) is 19.8. The molecule has 0 N–H and O–H groups in total. The number of nitrogens with zero attached hydrogens (tertiary/aromatic N) is 3. The summed E-state index contributed by atoms with van der Waals surface area (Å²) in [6.07, 6.45) is -0.542. The lowest BCUT2D eigenvalue weighted by Crippen LogP contribution is -2.52. The summed E-state index contributed by atoms with van der Waals surface area (Å²) in [6.45, 7) is 4.57. The van der Waals surface area contributed by atoms with Crippen LogP contribution in [0.25, 0.3) is 10.2 Å². The maximum Gasteiger partial charge on any atom is 0.263 e. The Bertz CT molecular complexity index is 1000. The molecule has 1 fully saturated rings. The van der Waals surface area contributed by atoms with Gasteiger partial charge in [0.15, 0.2) is 11.2 Å². The molecule has 0 bridgehead atoms. The second kappa shape index (κ2) is 8.47. The van der Waals surface area contributed by atoms with Crippen LogP contribution in [0.3, 0.4) is 0 Å². The van der Waals surface area contributed by atoms with Gasteiger partial charge < -0.3 is 19.3 Å². The molecule has 2 aromatic carbocycles. The highest BCUT2D eigenvalue weighted by Gasteiger charge is 2.27. The molecule has 6 nitrogen and oxygen atoms in total. The summed E-state index contributed by atoms with van der Waals surface area (Å²) < 4.78 is 12.0. The van der Waals surface area contributed by atoms with E-state index in [0.29, 0.717) is 23.9 Å². The molecule has 1 unspecified atom stereocenters. The Morgan fingerprint density at radius 2 is 1.79 bits per heavy atom. The van der Waals surface area contributed by atoms with Gasteiger partial charge >= 0.3 is 0 Å². The molecule has 1 saturated heterocycles. The van der Waals surface area contributed by atoms with Gasteiger partial charge in [0.1, 0.15) is 11.5 Å². The van der Waals surface area contributed by atoms with Crippen LogP contribution < -0.4 is 14.4 Å². The Labute approximate surface area is 178 Å². The third kappa shape index (κ3) is 4.41. The first-order chi connectivity index (χ1) is 14.0. The second-order valence-electron chi connectivity index (χ2n) is 6.86. The van der Waals surface area contributed by atoms with Crippen LogP contribution in [0.1, 0.15) is 6.92 Å².